The number of phenolic OH excluding ortho intramolecular Hbond substituents is 1. The zero-order chi connectivity index (χ0) is 14.5. The van der Waals surface area contributed by atoms with Gasteiger partial charge in [0.05, 0.1) is 25.5 Å². The summed E-state index contributed by atoms with van der Waals surface area (Å²) >= 11 is 0. The van der Waals surface area contributed by atoms with Gasteiger partial charge in [-0.05, 0) is 35.9 Å². The Balaban J connectivity index is 1.55. The highest BCUT2D eigenvalue weighted by Crippen LogP contribution is 2.11. The van der Waals surface area contributed by atoms with Gasteiger partial charge < -0.3 is 5.11 Å². The highest BCUT2D eigenvalue weighted by atomic mass is 16.3. The van der Waals surface area contributed by atoms with Gasteiger partial charge in [-0.25, -0.2) is 4.98 Å². The van der Waals surface area contributed by atoms with Gasteiger partial charge in [-0.1, -0.05) is 6.07 Å². The van der Waals surface area contributed by atoms with Crippen LogP contribution in [0.5, 0.6) is 5.75 Å². The number of aromatic amines is 1. The van der Waals surface area contributed by atoms with Crippen LogP contribution in [0.1, 0.15) is 5.56 Å². The van der Waals surface area contributed by atoms with Crippen LogP contribution >= 0.6 is 0 Å². The molecule has 1 aliphatic rings. The molecule has 0 unspecified atom stereocenters. The Morgan fingerprint density at radius 2 is 1.76 bits per heavy atom. The first-order valence-electron chi connectivity index (χ1n) is 7.11. The number of pyridine rings is 1. The van der Waals surface area contributed by atoms with Gasteiger partial charge in [-0.15, -0.1) is 0 Å². The predicted molar refractivity (Wildman–Crippen MR) is 82.5 cm³/mol. The summed E-state index contributed by atoms with van der Waals surface area (Å²) in [4.78, 5) is 5.59. The third kappa shape index (κ3) is 3.51. The normalized spacial score (nSPS) is 15.6. The summed E-state index contributed by atoms with van der Waals surface area (Å²) in [7, 11) is 0. The number of nitrogens with one attached hydrogen (secondary N) is 1. The number of piperazine rings is 1. The number of phenols is 1. The maximum atomic E-state index is 9.25. The number of H-pyrrole nitrogens is 1. The van der Waals surface area contributed by atoms with Gasteiger partial charge in [0.15, 0.2) is 0 Å². The molecule has 0 amide bonds. The second-order valence-corrected chi connectivity index (χ2v) is 5.02. The van der Waals surface area contributed by atoms with Crippen LogP contribution < -0.4 is 9.88 Å². The average molecular weight is 283 g/mol. The first kappa shape index (κ1) is 13.4. The summed E-state index contributed by atoms with van der Waals surface area (Å²) in [6.45, 7) is 3.70. The number of benzene rings is 1. The van der Waals surface area contributed by atoms with Crippen molar-refractivity contribution in [2.24, 2.45) is 5.10 Å². The smallest absolute Gasteiger partial charge is 0.274 e. The van der Waals surface area contributed by atoms with Gasteiger partial charge in [0.2, 0.25) is 0 Å². The van der Waals surface area contributed by atoms with Crippen LogP contribution in [0.3, 0.4) is 0 Å². The number of hydrazone groups is 1. The number of rotatable bonds is 3. The van der Waals surface area contributed by atoms with Crippen molar-refractivity contribution >= 4 is 12.0 Å². The summed E-state index contributed by atoms with van der Waals surface area (Å²) in [6, 6.07) is 13.2. The average Bonchev–Trinajstić information content (AvgIpc) is 2.56. The molecule has 1 aliphatic heterocycles. The monoisotopic (exact) mass is 283 g/mol. The summed E-state index contributed by atoms with van der Waals surface area (Å²) in [5.74, 6) is 1.43. The number of aromatic hydroxyl groups is 1. The van der Waals surface area contributed by atoms with Crippen LogP contribution in [0.25, 0.3) is 0 Å². The molecule has 1 aromatic heterocycles. The molecule has 2 aromatic rings. The van der Waals surface area contributed by atoms with Crippen molar-refractivity contribution in [3.8, 4) is 5.75 Å². The lowest BCUT2D eigenvalue weighted by Gasteiger charge is -2.28. The number of hydrogen-bond acceptors (Lipinski definition) is 4. The minimum absolute atomic E-state index is 0.278. The van der Waals surface area contributed by atoms with E-state index in [1.54, 1.807) is 12.1 Å². The number of hydrogen-bond donors (Lipinski definition) is 1. The lowest BCUT2D eigenvalue weighted by atomic mass is 10.2. The predicted octanol–water partition coefficient (Wildman–Crippen LogP) is 1.36. The van der Waals surface area contributed by atoms with Crippen LogP contribution in [0.4, 0.5) is 5.82 Å². The number of aromatic nitrogens is 1. The van der Waals surface area contributed by atoms with Crippen LogP contribution in [-0.4, -0.2) is 42.5 Å². The summed E-state index contributed by atoms with van der Waals surface area (Å²) in [5.41, 5.74) is 0.992. The van der Waals surface area contributed by atoms with Crippen LogP contribution in [0, 0.1) is 0 Å². The fourth-order valence-electron chi connectivity index (χ4n) is 2.34. The van der Waals surface area contributed by atoms with Crippen LogP contribution in [-0.2, 0) is 0 Å². The van der Waals surface area contributed by atoms with E-state index in [0.29, 0.717) is 0 Å². The molecule has 5 heteroatoms. The second kappa shape index (κ2) is 6.26. The molecule has 0 spiro atoms. The zero-order valence-corrected chi connectivity index (χ0v) is 11.8. The molecule has 0 radical (unpaired) electrons. The fraction of sp³-hybridized carbons (Fsp3) is 0.250. The number of nitrogens with zero attached hydrogens (tertiary/aromatic N) is 3. The van der Waals surface area contributed by atoms with E-state index < -0.39 is 0 Å². The van der Waals surface area contributed by atoms with E-state index in [9.17, 15) is 5.11 Å². The van der Waals surface area contributed by atoms with Gasteiger partial charge >= 0.3 is 0 Å². The Labute approximate surface area is 124 Å². The maximum Gasteiger partial charge on any atom is 0.274 e. The lowest BCUT2D eigenvalue weighted by molar-refractivity contribution is -0.364. The first-order chi connectivity index (χ1) is 10.3. The molecule has 0 atom stereocenters. The van der Waals surface area contributed by atoms with Gasteiger partial charge in [0.1, 0.15) is 18.8 Å². The van der Waals surface area contributed by atoms with Crippen molar-refractivity contribution in [2.45, 2.75) is 0 Å². The summed E-state index contributed by atoms with van der Waals surface area (Å²) < 4.78 is 0. The fourth-order valence-corrected chi connectivity index (χ4v) is 2.34. The molecule has 1 aromatic carbocycles. The molecule has 0 saturated carbocycles. The molecule has 0 aliphatic carbocycles. The molecular weight excluding hydrogens is 264 g/mol. The van der Waals surface area contributed by atoms with E-state index in [1.807, 2.05) is 36.7 Å². The molecule has 3 rings (SSSR count). The molecule has 1 fully saturated rings. The van der Waals surface area contributed by atoms with E-state index in [1.165, 1.54) is 0 Å². The van der Waals surface area contributed by atoms with Crippen molar-refractivity contribution in [1.82, 2.24) is 5.01 Å². The van der Waals surface area contributed by atoms with E-state index in [-0.39, 0.29) is 5.75 Å². The highest BCUT2D eigenvalue weighted by molar-refractivity contribution is 5.79. The summed E-state index contributed by atoms with van der Waals surface area (Å²) in [6.07, 6.45) is 3.79. The van der Waals surface area contributed by atoms with Gasteiger partial charge in [-0.3, -0.25) is 9.91 Å². The Morgan fingerprint density at radius 1 is 1.00 bits per heavy atom. The van der Waals surface area contributed by atoms with Crippen LogP contribution in [0.15, 0.2) is 53.8 Å². The molecule has 2 N–H and O–H groups in total. The SMILES string of the molecule is Oc1ccc(/C=N/N2CCN(c3cccc[nH+]3)CC2)cc1. The Kier molecular flexibility index (Phi) is 4.00. The Hall–Kier alpha value is -2.56. The molecular formula is C16H19N4O+. The minimum Gasteiger partial charge on any atom is -0.508 e. The van der Waals surface area contributed by atoms with Crippen LogP contribution in [0.2, 0.25) is 0 Å². The molecule has 1 saturated heterocycles. The van der Waals surface area contributed by atoms with Gasteiger partial charge in [-0.2, -0.15) is 5.10 Å². The van der Waals surface area contributed by atoms with Crippen molar-refractivity contribution in [1.29, 1.82) is 0 Å². The Morgan fingerprint density at radius 3 is 2.43 bits per heavy atom. The highest BCUT2D eigenvalue weighted by Gasteiger charge is 2.21. The lowest BCUT2D eigenvalue weighted by Crippen LogP contribution is -2.45. The molecule has 2 heterocycles. The minimum atomic E-state index is 0.278. The third-order valence-corrected chi connectivity index (χ3v) is 3.55. The topological polar surface area (TPSA) is 53.2 Å². The second-order valence-electron chi connectivity index (χ2n) is 5.02. The van der Waals surface area contributed by atoms with E-state index in [4.69, 9.17) is 0 Å². The summed E-state index contributed by atoms with van der Waals surface area (Å²) in [5, 5.41) is 15.8. The van der Waals surface area contributed by atoms with E-state index in [0.717, 1.165) is 37.6 Å². The number of anilines is 1. The first-order valence-corrected chi connectivity index (χ1v) is 7.11. The van der Waals surface area contributed by atoms with Crippen molar-refractivity contribution < 1.29 is 10.1 Å². The standard InChI is InChI=1S/C16H18N4O/c21-15-6-4-14(5-7-15)13-18-20-11-9-19(10-12-20)16-3-1-2-8-17-16/h1-8,13,21H,9-12H2/p+1/b18-13+. The molecule has 0 bridgehead atoms. The largest absolute Gasteiger partial charge is 0.508 e. The van der Waals surface area contributed by atoms with E-state index in [2.05, 4.69) is 26.1 Å². The van der Waals surface area contributed by atoms with Crippen molar-refractivity contribution in [3.05, 3.63) is 54.2 Å². The molecule has 5 nitrogen and oxygen atoms in total. The molecule has 108 valence electrons. The Bertz CT molecular complexity index is 589. The van der Waals surface area contributed by atoms with Crippen molar-refractivity contribution in [3.63, 3.8) is 0 Å². The maximum absolute atomic E-state index is 9.25. The van der Waals surface area contributed by atoms with Gasteiger partial charge in [0, 0.05) is 6.07 Å². The zero-order valence-electron chi connectivity index (χ0n) is 11.8. The van der Waals surface area contributed by atoms with Crippen molar-refractivity contribution in [2.75, 3.05) is 31.1 Å². The third-order valence-electron chi connectivity index (χ3n) is 3.55. The quantitative estimate of drug-likeness (QED) is 0.865. The van der Waals surface area contributed by atoms with Gasteiger partial charge in [0.25, 0.3) is 5.82 Å². The molecule has 21 heavy (non-hydrogen) atoms. The van der Waals surface area contributed by atoms with E-state index >= 15 is 0 Å².